The van der Waals surface area contributed by atoms with Crippen molar-refractivity contribution < 1.29 is 18.3 Å². The third-order valence-electron chi connectivity index (χ3n) is 3.42. The van der Waals surface area contributed by atoms with Crippen molar-refractivity contribution in [2.45, 2.75) is 18.6 Å². The zero-order valence-electron chi connectivity index (χ0n) is 11.9. The van der Waals surface area contributed by atoms with Crippen LogP contribution in [-0.4, -0.2) is 42.4 Å². The minimum Gasteiger partial charge on any atom is -0.508 e. The molecule has 0 amide bonds. The van der Waals surface area contributed by atoms with Crippen molar-refractivity contribution in [3.05, 3.63) is 27.7 Å². The van der Waals surface area contributed by atoms with E-state index in [1.54, 1.807) is 4.90 Å². The molecule has 0 bridgehead atoms. The molecule has 1 aromatic carbocycles. The fraction of sp³-hybridized carbons (Fsp3) is 0.538. The minimum absolute atomic E-state index is 0. The molecule has 23 heavy (non-hydrogen) atoms. The van der Waals surface area contributed by atoms with E-state index in [9.17, 15) is 18.3 Å². The number of phenolic OH excluding ortho intramolecular Hbond substituents is 1. The Bertz CT molecular complexity index is 487. The van der Waals surface area contributed by atoms with E-state index in [4.69, 9.17) is 23.2 Å². The van der Waals surface area contributed by atoms with Crippen molar-refractivity contribution in [1.82, 2.24) is 10.2 Å². The molecule has 1 aliphatic rings. The van der Waals surface area contributed by atoms with E-state index in [0.29, 0.717) is 26.2 Å². The summed E-state index contributed by atoms with van der Waals surface area (Å²) in [6, 6.07) is 1.55. The Kier molecular flexibility index (Phi) is 9.35. The van der Waals surface area contributed by atoms with Gasteiger partial charge in [-0.05, 0) is 12.1 Å². The Hall–Kier alpha value is -0.110. The quantitative estimate of drug-likeness (QED) is 0.765. The standard InChI is InChI=1S/C13H15Cl2F3N2O.2ClH/c14-8-5-9(15)12(11(21)6-8)10(7-13(16,17)18)20-3-1-19-2-4-20;;/h5-6,10,19,21H,1-4,7H2;2*1H/t10-;;/m0../s1. The first-order valence-electron chi connectivity index (χ1n) is 6.47. The van der Waals surface area contributed by atoms with Gasteiger partial charge in [0.15, 0.2) is 0 Å². The number of aromatic hydroxyl groups is 1. The molecule has 0 aliphatic carbocycles. The number of halogens is 7. The molecule has 0 unspecified atom stereocenters. The second kappa shape index (κ2) is 9.39. The highest BCUT2D eigenvalue weighted by Gasteiger charge is 2.38. The molecular formula is C13H17Cl4F3N2O. The number of benzene rings is 1. The van der Waals surface area contributed by atoms with Gasteiger partial charge in [-0.2, -0.15) is 13.2 Å². The SMILES string of the molecule is Cl.Cl.Oc1cc(Cl)cc(Cl)c1[C@H](CC(F)(F)F)N1CCNCC1. The number of nitrogens with one attached hydrogen (secondary N) is 1. The fourth-order valence-corrected chi connectivity index (χ4v) is 3.14. The average molecular weight is 416 g/mol. The number of alkyl halides is 3. The van der Waals surface area contributed by atoms with Crippen LogP contribution in [0.25, 0.3) is 0 Å². The van der Waals surface area contributed by atoms with Gasteiger partial charge in [0.2, 0.25) is 0 Å². The van der Waals surface area contributed by atoms with Crippen LogP contribution in [0.5, 0.6) is 5.75 Å². The molecular weight excluding hydrogens is 399 g/mol. The summed E-state index contributed by atoms with van der Waals surface area (Å²) in [4.78, 5) is 1.68. The van der Waals surface area contributed by atoms with Gasteiger partial charge in [0.05, 0.1) is 11.4 Å². The van der Waals surface area contributed by atoms with Gasteiger partial charge in [-0.25, -0.2) is 0 Å². The molecule has 2 rings (SSSR count). The number of hydrogen-bond acceptors (Lipinski definition) is 3. The molecule has 3 nitrogen and oxygen atoms in total. The van der Waals surface area contributed by atoms with Gasteiger partial charge < -0.3 is 10.4 Å². The van der Waals surface area contributed by atoms with Crippen LogP contribution in [0, 0.1) is 0 Å². The van der Waals surface area contributed by atoms with Crippen LogP contribution >= 0.6 is 48.0 Å². The maximum atomic E-state index is 12.9. The summed E-state index contributed by atoms with van der Waals surface area (Å²) >= 11 is 11.8. The topological polar surface area (TPSA) is 35.5 Å². The highest BCUT2D eigenvalue weighted by molar-refractivity contribution is 6.35. The van der Waals surface area contributed by atoms with Crippen molar-refractivity contribution in [3.8, 4) is 5.75 Å². The zero-order valence-corrected chi connectivity index (χ0v) is 15.0. The molecule has 0 spiro atoms. The molecule has 2 N–H and O–H groups in total. The first-order valence-corrected chi connectivity index (χ1v) is 7.23. The molecule has 1 aliphatic heterocycles. The third kappa shape index (κ3) is 6.36. The van der Waals surface area contributed by atoms with Crippen molar-refractivity contribution in [2.75, 3.05) is 26.2 Å². The van der Waals surface area contributed by atoms with E-state index in [1.807, 2.05) is 0 Å². The van der Waals surface area contributed by atoms with E-state index in [0.717, 1.165) is 0 Å². The van der Waals surface area contributed by atoms with E-state index >= 15 is 0 Å². The number of rotatable bonds is 3. The van der Waals surface area contributed by atoms with Crippen LogP contribution in [0.1, 0.15) is 18.0 Å². The van der Waals surface area contributed by atoms with Gasteiger partial charge in [0.1, 0.15) is 5.75 Å². The van der Waals surface area contributed by atoms with Crippen LogP contribution in [0.15, 0.2) is 12.1 Å². The lowest BCUT2D eigenvalue weighted by molar-refractivity contribution is -0.148. The van der Waals surface area contributed by atoms with Gasteiger partial charge in [-0.1, -0.05) is 23.2 Å². The summed E-state index contributed by atoms with van der Waals surface area (Å²) in [5.74, 6) is -0.305. The van der Waals surface area contributed by atoms with Gasteiger partial charge >= 0.3 is 6.18 Å². The molecule has 1 saturated heterocycles. The predicted molar refractivity (Wildman–Crippen MR) is 90.5 cm³/mol. The second-order valence-corrected chi connectivity index (χ2v) is 5.79. The lowest BCUT2D eigenvalue weighted by atomic mass is 9.99. The summed E-state index contributed by atoms with van der Waals surface area (Å²) in [5, 5.41) is 13.3. The van der Waals surface area contributed by atoms with Crippen molar-refractivity contribution in [1.29, 1.82) is 0 Å². The molecule has 1 fully saturated rings. The van der Waals surface area contributed by atoms with E-state index < -0.39 is 18.6 Å². The summed E-state index contributed by atoms with van der Waals surface area (Å²) in [7, 11) is 0. The van der Waals surface area contributed by atoms with Crippen LogP contribution in [-0.2, 0) is 0 Å². The van der Waals surface area contributed by atoms with Crippen LogP contribution in [0.4, 0.5) is 13.2 Å². The monoisotopic (exact) mass is 414 g/mol. The molecule has 134 valence electrons. The molecule has 0 aromatic heterocycles. The van der Waals surface area contributed by atoms with E-state index in [2.05, 4.69) is 5.32 Å². The predicted octanol–water partition coefficient (Wildman–Crippen LogP) is 4.44. The van der Waals surface area contributed by atoms with Crippen molar-refractivity contribution in [2.24, 2.45) is 0 Å². The summed E-state index contributed by atoms with van der Waals surface area (Å²) in [5.41, 5.74) is 0.0836. The minimum atomic E-state index is -4.36. The Balaban J connectivity index is 0.00000242. The number of piperazine rings is 1. The maximum Gasteiger partial charge on any atom is 0.390 e. The molecule has 0 radical (unpaired) electrons. The summed E-state index contributed by atoms with van der Waals surface area (Å²) in [6.07, 6.45) is -5.42. The van der Waals surface area contributed by atoms with E-state index in [1.165, 1.54) is 12.1 Å². The van der Waals surface area contributed by atoms with Crippen molar-refractivity contribution in [3.63, 3.8) is 0 Å². The Labute approximate surface area is 154 Å². The fourth-order valence-electron chi connectivity index (χ4n) is 2.53. The Morgan fingerprint density at radius 2 is 1.74 bits per heavy atom. The van der Waals surface area contributed by atoms with Crippen molar-refractivity contribution >= 4 is 48.0 Å². The third-order valence-corrected chi connectivity index (χ3v) is 3.95. The van der Waals surface area contributed by atoms with Gasteiger partial charge in [0, 0.05) is 42.8 Å². The Morgan fingerprint density at radius 3 is 2.22 bits per heavy atom. The second-order valence-electron chi connectivity index (χ2n) is 4.94. The molecule has 1 atom stereocenters. The summed E-state index contributed by atoms with van der Waals surface area (Å²) in [6.45, 7) is 2.11. The van der Waals surface area contributed by atoms with Gasteiger partial charge in [-0.15, -0.1) is 24.8 Å². The lowest BCUT2D eigenvalue weighted by Gasteiger charge is -2.36. The smallest absolute Gasteiger partial charge is 0.390 e. The highest BCUT2D eigenvalue weighted by Crippen LogP contribution is 2.42. The zero-order chi connectivity index (χ0) is 15.6. The molecule has 1 aromatic rings. The van der Waals surface area contributed by atoms with Gasteiger partial charge in [0.25, 0.3) is 0 Å². The maximum absolute atomic E-state index is 12.9. The first-order chi connectivity index (χ1) is 9.78. The van der Waals surface area contributed by atoms with Gasteiger partial charge in [-0.3, -0.25) is 4.90 Å². The lowest BCUT2D eigenvalue weighted by Crippen LogP contribution is -2.46. The number of phenols is 1. The normalized spacial score (nSPS) is 17.1. The molecule has 10 heteroatoms. The van der Waals surface area contributed by atoms with E-state index in [-0.39, 0.29) is 46.2 Å². The first kappa shape index (κ1) is 22.9. The Morgan fingerprint density at radius 1 is 1.17 bits per heavy atom. The highest BCUT2D eigenvalue weighted by atomic mass is 35.5. The largest absolute Gasteiger partial charge is 0.508 e. The number of hydrogen-bond donors (Lipinski definition) is 2. The molecule has 1 heterocycles. The number of nitrogens with zero attached hydrogens (tertiary/aromatic N) is 1. The van der Waals surface area contributed by atoms with Crippen LogP contribution < -0.4 is 5.32 Å². The van der Waals surface area contributed by atoms with Crippen LogP contribution in [0.3, 0.4) is 0 Å². The van der Waals surface area contributed by atoms with Crippen LogP contribution in [0.2, 0.25) is 10.0 Å². The molecule has 0 saturated carbocycles. The summed E-state index contributed by atoms with van der Waals surface area (Å²) < 4.78 is 38.7. The average Bonchev–Trinajstić information content (AvgIpc) is 2.36.